The molecule has 0 aliphatic heterocycles. The molecule has 174 valence electrons. The van der Waals surface area contributed by atoms with Crippen LogP contribution in [-0.4, -0.2) is 26.0 Å². The molecule has 0 saturated heterocycles. The molecule has 1 saturated carbocycles. The lowest BCUT2D eigenvalue weighted by atomic mass is 9.92. The SMILES string of the molecule is CC1=C(c2nnc(C3CC3)o2)c2c(C#CC(O)(c3ccccc3)C(F)(F)F)cn(C)c(=O)c2C1. The number of fused-ring (bicyclic) bond motifs is 1. The maximum atomic E-state index is 13.9. The van der Waals surface area contributed by atoms with Gasteiger partial charge in [0.25, 0.3) is 5.56 Å². The Kier molecular flexibility index (Phi) is 5.02. The van der Waals surface area contributed by atoms with Crippen LogP contribution in [0.3, 0.4) is 0 Å². The Hall–Kier alpha value is -3.64. The molecule has 9 heteroatoms. The fourth-order valence-electron chi connectivity index (χ4n) is 4.17. The molecule has 1 N–H and O–H groups in total. The van der Waals surface area contributed by atoms with Crippen LogP contribution in [0.25, 0.3) is 5.57 Å². The van der Waals surface area contributed by atoms with Crippen LogP contribution in [-0.2, 0) is 19.1 Å². The summed E-state index contributed by atoms with van der Waals surface area (Å²) in [5.41, 5.74) is -1.86. The summed E-state index contributed by atoms with van der Waals surface area (Å²) >= 11 is 0. The average Bonchev–Trinajstić information content (AvgIpc) is 3.43. The van der Waals surface area contributed by atoms with Crippen LogP contribution in [0, 0.1) is 11.8 Å². The molecular weight excluding hydrogens is 447 g/mol. The third kappa shape index (κ3) is 3.55. The highest BCUT2D eigenvalue weighted by Crippen LogP contribution is 2.43. The van der Waals surface area contributed by atoms with Gasteiger partial charge in [-0.25, -0.2) is 0 Å². The van der Waals surface area contributed by atoms with E-state index < -0.39 is 17.3 Å². The Morgan fingerprint density at radius 3 is 2.53 bits per heavy atom. The van der Waals surface area contributed by atoms with Crippen LogP contribution in [0.1, 0.15) is 59.7 Å². The highest BCUT2D eigenvalue weighted by atomic mass is 19.4. The normalized spacial score (nSPS) is 17.2. The fraction of sp³-hybridized carbons (Fsp3) is 0.320. The number of nitrogens with zero attached hydrogens (tertiary/aromatic N) is 3. The standard InChI is InChI=1S/C25H20F3N3O3/c1-14-12-18-20(19(14)22-30-29-21(34-22)15-8-9-15)16(13-31(2)23(18)32)10-11-24(33,25(26,27)28)17-6-4-3-5-7-17/h3-7,13,15,33H,8-9,12H2,1-2H3. The van der Waals surface area contributed by atoms with Crippen LogP contribution in [0.5, 0.6) is 0 Å². The molecule has 1 fully saturated rings. The minimum absolute atomic E-state index is 0.161. The van der Waals surface area contributed by atoms with Gasteiger partial charge < -0.3 is 14.1 Å². The number of aryl methyl sites for hydroxylation is 1. The zero-order chi connectivity index (χ0) is 24.3. The van der Waals surface area contributed by atoms with Crippen molar-refractivity contribution in [2.75, 3.05) is 0 Å². The van der Waals surface area contributed by atoms with Gasteiger partial charge in [0.1, 0.15) is 0 Å². The smallest absolute Gasteiger partial charge is 0.420 e. The maximum absolute atomic E-state index is 13.9. The summed E-state index contributed by atoms with van der Waals surface area (Å²) in [5.74, 6) is 5.50. The van der Waals surface area contributed by atoms with Crippen molar-refractivity contribution in [2.24, 2.45) is 7.05 Å². The predicted molar refractivity (Wildman–Crippen MR) is 117 cm³/mol. The number of allylic oxidation sites excluding steroid dienone is 1. The minimum atomic E-state index is -5.05. The molecule has 1 aromatic carbocycles. The van der Waals surface area contributed by atoms with Gasteiger partial charge in [-0.3, -0.25) is 4.79 Å². The van der Waals surface area contributed by atoms with E-state index >= 15 is 0 Å². The molecule has 2 heterocycles. The number of rotatable bonds is 3. The molecule has 5 rings (SSSR count). The van der Waals surface area contributed by atoms with Crippen molar-refractivity contribution in [3.05, 3.63) is 86.5 Å². The fourth-order valence-corrected chi connectivity index (χ4v) is 4.17. The molecule has 2 aliphatic rings. The van der Waals surface area contributed by atoms with Crippen LogP contribution in [0.15, 0.2) is 51.3 Å². The van der Waals surface area contributed by atoms with Gasteiger partial charge in [-0.15, -0.1) is 10.2 Å². The van der Waals surface area contributed by atoms with E-state index in [1.807, 2.05) is 12.8 Å². The number of aromatic nitrogens is 3. The largest absolute Gasteiger partial charge is 0.433 e. The monoisotopic (exact) mass is 467 g/mol. The molecule has 3 aromatic rings. The lowest BCUT2D eigenvalue weighted by Crippen LogP contribution is -2.41. The summed E-state index contributed by atoms with van der Waals surface area (Å²) < 4.78 is 49.0. The van der Waals surface area contributed by atoms with E-state index in [1.165, 1.54) is 42.1 Å². The number of alkyl halides is 3. The van der Waals surface area contributed by atoms with Crippen LogP contribution in [0.2, 0.25) is 0 Å². The van der Waals surface area contributed by atoms with Gasteiger partial charge in [-0.1, -0.05) is 41.8 Å². The number of halogens is 3. The van der Waals surface area contributed by atoms with Crippen LogP contribution in [0.4, 0.5) is 13.2 Å². The Morgan fingerprint density at radius 1 is 1.18 bits per heavy atom. The van der Waals surface area contributed by atoms with Gasteiger partial charge in [0.05, 0.1) is 0 Å². The molecule has 0 amide bonds. The molecule has 0 radical (unpaired) electrons. The van der Waals surface area contributed by atoms with Gasteiger partial charge in [0, 0.05) is 53.4 Å². The lowest BCUT2D eigenvalue weighted by Gasteiger charge is -2.25. The van der Waals surface area contributed by atoms with Gasteiger partial charge in [-0.05, 0) is 25.7 Å². The molecule has 0 bridgehead atoms. The summed E-state index contributed by atoms with van der Waals surface area (Å²) in [7, 11) is 1.51. The van der Waals surface area contributed by atoms with E-state index in [0.717, 1.165) is 18.4 Å². The van der Waals surface area contributed by atoms with Gasteiger partial charge in [-0.2, -0.15) is 13.2 Å². The van der Waals surface area contributed by atoms with Crippen molar-refractivity contribution >= 4 is 5.57 Å². The third-order valence-corrected chi connectivity index (χ3v) is 6.15. The first-order valence-electron chi connectivity index (χ1n) is 10.7. The van der Waals surface area contributed by atoms with Gasteiger partial charge >= 0.3 is 6.18 Å². The topological polar surface area (TPSA) is 81.2 Å². The molecule has 2 aliphatic carbocycles. The second kappa shape index (κ2) is 7.71. The van der Waals surface area contributed by atoms with Crippen LogP contribution >= 0.6 is 0 Å². The zero-order valence-corrected chi connectivity index (χ0v) is 18.4. The number of benzene rings is 1. The van der Waals surface area contributed by atoms with Crippen molar-refractivity contribution in [2.45, 2.75) is 43.9 Å². The lowest BCUT2D eigenvalue weighted by molar-refractivity contribution is -0.240. The number of hydrogen-bond donors (Lipinski definition) is 1. The molecule has 34 heavy (non-hydrogen) atoms. The second-order valence-electron chi connectivity index (χ2n) is 8.69. The molecule has 2 aromatic heterocycles. The Labute approximate surface area is 192 Å². The maximum Gasteiger partial charge on any atom is 0.433 e. The molecule has 6 nitrogen and oxygen atoms in total. The summed E-state index contributed by atoms with van der Waals surface area (Å²) in [5, 5.41) is 18.9. The van der Waals surface area contributed by atoms with Gasteiger partial charge in [0.2, 0.25) is 17.4 Å². The highest BCUT2D eigenvalue weighted by molar-refractivity contribution is 5.86. The van der Waals surface area contributed by atoms with E-state index in [-0.39, 0.29) is 29.4 Å². The van der Waals surface area contributed by atoms with Crippen molar-refractivity contribution in [1.82, 2.24) is 14.8 Å². The summed E-state index contributed by atoms with van der Waals surface area (Å²) in [6.45, 7) is 1.81. The first-order chi connectivity index (χ1) is 16.1. The molecular formula is C25H20F3N3O3. The quantitative estimate of drug-likeness (QED) is 0.593. The third-order valence-electron chi connectivity index (χ3n) is 6.15. The Bertz CT molecular complexity index is 1440. The molecule has 0 spiro atoms. The van der Waals surface area contributed by atoms with E-state index in [4.69, 9.17) is 4.42 Å². The Morgan fingerprint density at radius 2 is 1.88 bits per heavy atom. The second-order valence-corrected chi connectivity index (χ2v) is 8.69. The van der Waals surface area contributed by atoms with Crippen molar-refractivity contribution < 1.29 is 22.7 Å². The number of pyridine rings is 1. The predicted octanol–water partition coefficient (Wildman–Crippen LogP) is 3.83. The van der Waals surface area contributed by atoms with Crippen molar-refractivity contribution in [3.8, 4) is 11.8 Å². The minimum Gasteiger partial charge on any atom is -0.420 e. The van der Waals surface area contributed by atoms with Gasteiger partial charge in [0.15, 0.2) is 0 Å². The summed E-state index contributed by atoms with van der Waals surface area (Å²) in [6, 6.07) is 6.68. The zero-order valence-electron chi connectivity index (χ0n) is 18.4. The van der Waals surface area contributed by atoms with E-state index in [9.17, 15) is 23.1 Å². The van der Waals surface area contributed by atoms with Crippen LogP contribution < -0.4 is 5.56 Å². The highest BCUT2D eigenvalue weighted by Gasteiger charge is 2.54. The van der Waals surface area contributed by atoms with E-state index in [1.54, 1.807) is 6.07 Å². The number of hydrogen-bond acceptors (Lipinski definition) is 5. The Balaban J connectivity index is 1.68. The number of aliphatic hydroxyl groups is 1. The van der Waals surface area contributed by atoms with E-state index in [2.05, 4.69) is 16.1 Å². The molecule has 1 atom stereocenters. The summed E-state index contributed by atoms with van der Waals surface area (Å²) in [6.07, 6.45) is -1.47. The van der Waals surface area contributed by atoms with E-state index in [0.29, 0.717) is 22.6 Å². The molecule has 1 unspecified atom stereocenters. The van der Waals surface area contributed by atoms with Crippen molar-refractivity contribution in [3.63, 3.8) is 0 Å². The first kappa shape index (κ1) is 22.2. The average molecular weight is 467 g/mol. The first-order valence-corrected chi connectivity index (χ1v) is 10.7. The summed E-state index contributed by atoms with van der Waals surface area (Å²) in [4.78, 5) is 12.8. The van der Waals surface area contributed by atoms with Crippen molar-refractivity contribution in [1.29, 1.82) is 0 Å².